The molecule has 3 nitrogen and oxygen atoms in total. The minimum atomic E-state index is -1.47. The van der Waals surface area contributed by atoms with E-state index in [0.717, 1.165) is 27.8 Å². The second-order valence-electron chi connectivity index (χ2n) is 8.69. The lowest BCUT2D eigenvalue weighted by atomic mass is 9.67. The van der Waals surface area contributed by atoms with Gasteiger partial charge >= 0.3 is 0 Å². The average Bonchev–Trinajstić information content (AvgIpc) is 3.10. The fourth-order valence-corrected chi connectivity index (χ4v) is 5.58. The Morgan fingerprint density at radius 1 is 0.875 bits per heavy atom. The minimum absolute atomic E-state index is 0.360. The molecule has 1 fully saturated rings. The molecule has 0 saturated carbocycles. The van der Waals surface area contributed by atoms with Crippen LogP contribution in [0, 0.1) is 47.7 Å². The molecule has 2 heterocycles. The van der Waals surface area contributed by atoms with Gasteiger partial charge in [-0.1, -0.05) is 66.2 Å². The van der Waals surface area contributed by atoms with E-state index in [1.165, 1.54) is 6.07 Å². The topological polar surface area (TPSA) is 50.8 Å². The molecule has 0 radical (unpaired) electrons. The van der Waals surface area contributed by atoms with Crippen LogP contribution in [0.3, 0.4) is 0 Å². The highest BCUT2D eigenvalue weighted by Crippen LogP contribution is 2.64. The number of halogens is 1. The van der Waals surface area contributed by atoms with Gasteiger partial charge < -0.3 is 4.90 Å². The van der Waals surface area contributed by atoms with Gasteiger partial charge in [0.05, 0.1) is 24.2 Å². The Bertz CT molecular complexity index is 1310. The third-order valence-electron chi connectivity index (χ3n) is 6.93. The van der Waals surface area contributed by atoms with Gasteiger partial charge in [-0.3, -0.25) is 0 Å². The van der Waals surface area contributed by atoms with Gasteiger partial charge in [-0.2, -0.15) is 10.5 Å². The molecule has 156 valence electrons. The number of benzene rings is 3. The van der Waals surface area contributed by atoms with Crippen molar-refractivity contribution in [2.24, 2.45) is 5.41 Å². The molecule has 2 aliphatic rings. The first kappa shape index (κ1) is 20.0. The summed E-state index contributed by atoms with van der Waals surface area (Å²) in [4.78, 5) is 2.10. The van der Waals surface area contributed by atoms with Gasteiger partial charge in [0, 0.05) is 12.1 Å². The van der Waals surface area contributed by atoms with E-state index in [1.54, 1.807) is 18.2 Å². The Morgan fingerprint density at radius 2 is 1.56 bits per heavy atom. The zero-order chi connectivity index (χ0) is 22.5. The summed E-state index contributed by atoms with van der Waals surface area (Å²) in [5.41, 5.74) is 4.05. The fraction of sp³-hybridized carbons (Fsp3) is 0.214. The predicted molar refractivity (Wildman–Crippen MR) is 122 cm³/mol. The van der Waals surface area contributed by atoms with E-state index in [4.69, 9.17) is 0 Å². The van der Waals surface area contributed by atoms with Crippen molar-refractivity contribution in [1.82, 2.24) is 4.90 Å². The van der Waals surface area contributed by atoms with E-state index in [0.29, 0.717) is 5.56 Å². The zero-order valence-corrected chi connectivity index (χ0v) is 18.0. The number of rotatable bonds is 2. The van der Waals surface area contributed by atoms with Crippen molar-refractivity contribution in [2.75, 3.05) is 0 Å². The quantitative estimate of drug-likeness (QED) is 0.487. The summed E-state index contributed by atoms with van der Waals surface area (Å²) in [5, 5.41) is 21.1. The highest BCUT2D eigenvalue weighted by molar-refractivity contribution is 5.61. The highest BCUT2D eigenvalue weighted by Gasteiger charge is 2.62. The normalized spacial score (nSPS) is 22.5. The SMILES string of the molecule is Cc1ccc(C2C(c3ccccc3F)C(C#N)(C#N)C3c4ccccc4C=CN23)c(C)c1. The lowest BCUT2D eigenvalue weighted by molar-refractivity contribution is 0.254. The standard InChI is InChI=1S/C28H22FN3/c1-18-11-12-21(19(2)15-18)26-25(23-9-5-6-10-24(23)29)28(16-30,17-31)27-22-8-4-3-7-20(22)13-14-32(26)27/h3-15,25-27H,1-2H3. The summed E-state index contributed by atoms with van der Waals surface area (Å²) in [6.07, 6.45) is 3.99. The number of nitriles is 2. The van der Waals surface area contributed by atoms with Gasteiger partial charge in [-0.15, -0.1) is 0 Å². The molecule has 0 aromatic heterocycles. The van der Waals surface area contributed by atoms with Crippen LogP contribution in [0.1, 0.15) is 51.4 Å². The molecular formula is C28H22FN3. The first-order valence-electron chi connectivity index (χ1n) is 10.7. The summed E-state index contributed by atoms with van der Waals surface area (Å²) >= 11 is 0. The molecule has 3 aromatic carbocycles. The number of nitrogens with zero attached hydrogens (tertiary/aromatic N) is 3. The molecular weight excluding hydrogens is 397 g/mol. The van der Waals surface area contributed by atoms with Crippen LogP contribution in [0.4, 0.5) is 4.39 Å². The summed E-state index contributed by atoms with van der Waals surface area (Å²) in [7, 11) is 0. The molecule has 0 spiro atoms. The van der Waals surface area contributed by atoms with Gasteiger partial charge in [0.2, 0.25) is 0 Å². The molecule has 0 aliphatic carbocycles. The van der Waals surface area contributed by atoms with Crippen LogP contribution < -0.4 is 0 Å². The van der Waals surface area contributed by atoms with Crippen LogP contribution in [-0.2, 0) is 0 Å². The summed E-state index contributed by atoms with van der Waals surface area (Å²) in [5.74, 6) is -1.06. The summed E-state index contributed by atoms with van der Waals surface area (Å²) < 4.78 is 15.2. The van der Waals surface area contributed by atoms with Crippen molar-refractivity contribution in [3.05, 3.63) is 112 Å². The van der Waals surface area contributed by atoms with E-state index < -0.39 is 17.4 Å². The zero-order valence-electron chi connectivity index (χ0n) is 18.0. The second-order valence-corrected chi connectivity index (χ2v) is 8.69. The molecule has 4 heteroatoms. The molecule has 3 atom stereocenters. The van der Waals surface area contributed by atoms with Crippen LogP contribution in [-0.4, -0.2) is 4.90 Å². The number of aryl methyl sites for hydroxylation is 2. The van der Waals surface area contributed by atoms with Crippen molar-refractivity contribution in [3.8, 4) is 12.1 Å². The molecule has 0 bridgehead atoms. The smallest absolute Gasteiger partial charge is 0.177 e. The first-order valence-corrected chi connectivity index (χ1v) is 10.7. The molecule has 0 N–H and O–H groups in total. The number of hydrogen-bond donors (Lipinski definition) is 0. The van der Waals surface area contributed by atoms with E-state index in [1.807, 2.05) is 56.5 Å². The van der Waals surface area contributed by atoms with Crippen LogP contribution in [0.15, 0.2) is 72.9 Å². The van der Waals surface area contributed by atoms with Crippen LogP contribution in [0.5, 0.6) is 0 Å². The van der Waals surface area contributed by atoms with Gasteiger partial charge in [-0.25, -0.2) is 4.39 Å². The Balaban J connectivity index is 1.85. The highest BCUT2D eigenvalue weighted by atomic mass is 19.1. The third-order valence-corrected chi connectivity index (χ3v) is 6.93. The molecule has 1 saturated heterocycles. The first-order chi connectivity index (χ1) is 15.5. The molecule has 3 aromatic rings. The maximum Gasteiger partial charge on any atom is 0.177 e. The minimum Gasteiger partial charge on any atom is -0.360 e. The van der Waals surface area contributed by atoms with Gasteiger partial charge in [0.25, 0.3) is 0 Å². The van der Waals surface area contributed by atoms with Crippen molar-refractivity contribution in [2.45, 2.75) is 31.8 Å². The van der Waals surface area contributed by atoms with E-state index >= 15 is 4.39 Å². The Kier molecular flexibility index (Phi) is 4.61. The molecule has 32 heavy (non-hydrogen) atoms. The maximum absolute atomic E-state index is 15.2. The van der Waals surface area contributed by atoms with Crippen LogP contribution >= 0.6 is 0 Å². The molecule has 3 unspecified atom stereocenters. The molecule has 2 aliphatic heterocycles. The Hall–Kier alpha value is -3.89. The molecule has 5 rings (SSSR count). The van der Waals surface area contributed by atoms with Crippen molar-refractivity contribution >= 4 is 6.08 Å². The van der Waals surface area contributed by atoms with Crippen molar-refractivity contribution in [3.63, 3.8) is 0 Å². The third kappa shape index (κ3) is 2.70. The van der Waals surface area contributed by atoms with Crippen LogP contribution in [0.2, 0.25) is 0 Å². The predicted octanol–water partition coefficient (Wildman–Crippen LogP) is 6.34. The average molecular weight is 420 g/mol. The second kappa shape index (κ2) is 7.36. The lowest BCUT2D eigenvalue weighted by Crippen LogP contribution is -2.31. The van der Waals surface area contributed by atoms with Crippen molar-refractivity contribution in [1.29, 1.82) is 10.5 Å². The Labute approximate surface area is 187 Å². The number of hydrogen-bond acceptors (Lipinski definition) is 3. The summed E-state index contributed by atoms with van der Waals surface area (Å²) in [6, 6.07) is 24.5. The van der Waals surface area contributed by atoms with E-state index in [9.17, 15) is 10.5 Å². The maximum atomic E-state index is 15.2. The Morgan fingerprint density at radius 3 is 2.25 bits per heavy atom. The van der Waals surface area contributed by atoms with E-state index in [-0.39, 0.29) is 11.9 Å². The van der Waals surface area contributed by atoms with Gasteiger partial charge in [-0.05, 0) is 53.8 Å². The summed E-state index contributed by atoms with van der Waals surface area (Å²) in [6.45, 7) is 4.07. The number of fused-ring (bicyclic) bond motifs is 3. The van der Waals surface area contributed by atoms with Crippen molar-refractivity contribution < 1.29 is 4.39 Å². The fourth-order valence-electron chi connectivity index (χ4n) is 5.58. The van der Waals surface area contributed by atoms with Gasteiger partial charge in [0.15, 0.2) is 5.41 Å². The van der Waals surface area contributed by atoms with E-state index in [2.05, 4.69) is 29.2 Å². The largest absolute Gasteiger partial charge is 0.360 e. The monoisotopic (exact) mass is 419 g/mol. The van der Waals surface area contributed by atoms with Gasteiger partial charge in [0.1, 0.15) is 5.82 Å². The van der Waals surface area contributed by atoms with Crippen LogP contribution in [0.25, 0.3) is 6.08 Å². The lowest BCUT2D eigenvalue weighted by Gasteiger charge is -2.35. The molecule has 0 amide bonds.